The van der Waals surface area contributed by atoms with Gasteiger partial charge >= 0.3 is 0 Å². The summed E-state index contributed by atoms with van der Waals surface area (Å²) < 4.78 is 5.41. The van der Waals surface area contributed by atoms with Crippen LogP contribution in [0.5, 0.6) is 0 Å². The molecule has 2 aliphatic heterocycles. The number of nitrogens with zero attached hydrogens (tertiary/aromatic N) is 2. The molecule has 0 N–H and O–H groups in total. The van der Waals surface area contributed by atoms with Gasteiger partial charge in [-0.05, 0) is 37.5 Å². The van der Waals surface area contributed by atoms with Gasteiger partial charge in [0, 0.05) is 42.8 Å². The smallest absolute Gasteiger partial charge is 0.253 e. The maximum absolute atomic E-state index is 12.6. The molecule has 0 saturated carbocycles. The lowest BCUT2D eigenvalue weighted by atomic mass is 10.0. The van der Waals surface area contributed by atoms with Gasteiger partial charge in [-0.15, -0.1) is 0 Å². The molecule has 2 heterocycles. The fourth-order valence-electron chi connectivity index (χ4n) is 3.29. The van der Waals surface area contributed by atoms with Crippen LogP contribution in [0.15, 0.2) is 18.2 Å². The summed E-state index contributed by atoms with van der Waals surface area (Å²) in [6.07, 6.45) is 2.09. The highest BCUT2D eigenvalue weighted by Gasteiger charge is 2.28. The molecule has 1 amide bonds. The molecule has 0 radical (unpaired) electrons. The van der Waals surface area contributed by atoms with Gasteiger partial charge in [-0.2, -0.15) is 0 Å². The molecule has 0 bridgehead atoms. The van der Waals surface area contributed by atoms with E-state index in [1.165, 1.54) is 0 Å². The second kappa shape index (κ2) is 6.99. The molecule has 4 nitrogen and oxygen atoms in total. The molecule has 120 valence electrons. The number of rotatable bonds is 2. The number of hydrogen-bond donors (Lipinski definition) is 0. The summed E-state index contributed by atoms with van der Waals surface area (Å²) in [4.78, 5) is 17.0. The lowest BCUT2D eigenvalue weighted by Gasteiger charge is -2.40. The Morgan fingerprint density at radius 3 is 2.50 bits per heavy atom. The van der Waals surface area contributed by atoms with Crippen LogP contribution in [0.2, 0.25) is 5.02 Å². The number of piperidine rings is 1. The highest BCUT2D eigenvalue weighted by Crippen LogP contribution is 2.22. The molecule has 3 rings (SSSR count). The van der Waals surface area contributed by atoms with E-state index in [4.69, 9.17) is 16.3 Å². The van der Waals surface area contributed by atoms with Crippen LogP contribution in [0.25, 0.3) is 0 Å². The van der Waals surface area contributed by atoms with Crippen molar-refractivity contribution in [1.82, 2.24) is 9.80 Å². The van der Waals surface area contributed by atoms with Crippen molar-refractivity contribution in [2.24, 2.45) is 0 Å². The monoisotopic (exact) mass is 322 g/mol. The summed E-state index contributed by atoms with van der Waals surface area (Å²) in [6.45, 7) is 7.31. The van der Waals surface area contributed by atoms with E-state index >= 15 is 0 Å². The van der Waals surface area contributed by atoms with Gasteiger partial charge in [-0.25, -0.2) is 0 Å². The first-order valence-corrected chi connectivity index (χ1v) is 8.40. The molecule has 0 aromatic heterocycles. The van der Waals surface area contributed by atoms with Crippen LogP contribution in [0, 0.1) is 6.92 Å². The summed E-state index contributed by atoms with van der Waals surface area (Å²) in [5.41, 5.74) is 1.70. The van der Waals surface area contributed by atoms with E-state index in [1.807, 2.05) is 24.0 Å². The first-order valence-electron chi connectivity index (χ1n) is 8.02. The number of aryl methyl sites for hydroxylation is 1. The predicted octanol–water partition coefficient (Wildman–Crippen LogP) is 2.59. The molecular weight excluding hydrogens is 300 g/mol. The second-order valence-electron chi connectivity index (χ2n) is 6.14. The average molecular weight is 323 g/mol. The summed E-state index contributed by atoms with van der Waals surface area (Å²) in [5.74, 6) is 0.0994. The number of benzene rings is 1. The molecule has 2 saturated heterocycles. The Labute approximate surface area is 137 Å². The second-order valence-corrected chi connectivity index (χ2v) is 6.54. The number of halogens is 1. The van der Waals surface area contributed by atoms with Gasteiger partial charge in [-0.3, -0.25) is 9.69 Å². The third-order valence-electron chi connectivity index (χ3n) is 4.73. The minimum Gasteiger partial charge on any atom is -0.379 e. The van der Waals surface area contributed by atoms with E-state index in [0.29, 0.717) is 16.6 Å². The fourth-order valence-corrected chi connectivity index (χ4v) is 3.47. The van der Waals surface area contributed by atoms with E-state index in [9.17, 15) is 4.79 Å². The van der Waals surface area contributed by atoms with Crippen molar-refractivity contribution in [2.45, 2.75) is 25.8 Å². The van der Waals surface area contributed by atoms with Crippen molar-refractivity contribution < 1.29 is 9.53 Å². The van der Waals surface area contributed by atoms with Gasteiger partial charge in [0.1, 0.15) is 0 Å². The minimum absolute atomic E-state index is 0.0994. The zero-order valence-corrected chi connectivity index (χ0v) is 13.8. The third kappa shape index (κ3) is 3.45. The molecule has 22 heavy (non-hydrogen) atoms. The van der Waals surface area contributed by atoms with E-state index in [-0.39, 0.29) is 5.91 Å². The van der Waals surface area contributed by atoms with Crippen LogP contribution >= 0.6 is 11.6 Å². The molecule has 5 heteroatoms. The van der Waals surface area contributed by atoms with Gasteiger partial charge in [0.05, 0.1) is 13.2 Å². The topological polar surface area (TPSA) is 32.8 Å². The number of hydrogen-bond acceptors (Lipinski definition) is 3. The van der Waals surface area contributed by atoms with Crippen LogP contribution < -0.4 is 0 Å². The Kier molecular flexibility index (Phi) is 5.01. The Morgan fingerprint density at radius 2 is 1.86 bits per heavy atom. The average Bonchev–Trinajstić information content (AvgIpc) is 2.58. The zero-order valence-electron chi connectivity index (χ0n) is 13.1. The molecule has 2 aliphatic rings. The molecule has 0 spiro atoms. The summed E-state index contributed by atoms with van der Waals surface area (Å²) in [6, 6.07) is 6.16. The van der Waals surface area contributed by atoms with Crippen molar-refractivity contribution in [1.29, 1.82) is 0 Å². The first kappa shape index (κ1) is 15.8. The zero-order chi connectivity index (χ0) is 15.5. The standard InChI is InChI=1S/C17H23ClN2O2/c1-13-2-3-14(12-16(13)18)17(21)20-6-4-15(5-7-20)19-8-10-22-11-9-19/h2-3,12,15H,4-11H2,1H3. The third-order valence-corrected chi connectivity index (χ3v) is 5.14. The van der Waals surface area contributed by atoms with E-state index in [2.05, 4.69) is 4.90 Å². The summed E-state index contributed by atoms with van der Waals surface area (Å²) in [5, 5.41) is 0.661. The number of amides is 1. The van der Waals surface area contributed by atoms with Crippen molar-refractivity contribution in [2.75, 3.05) is 39.4 Å². The number of ether oxygens (including phenoxy) is 1. The van der Waals surface area contributed by atoms with Crippen LogP contribution in [-0.4, -0.2) is 61.1 Å². The molecule has 0 unspecified atom stereocenters. The molecular formula is C17H23ClN2O2. The first-order chi connectivity index (χ1) is 10.6. The SMILES string of the molecule is Cc1ccc(C(=O)N2CCC(N3CCOCC3)CC2)cc1Cl. The molecule has 0 aliphatic carbocycles. The number of morpholine rings is 1. The van der Waals surface area contributed by atoms with Crippen molar-refractivity contribution in [3.63, 3.8) is 0 Å². The maximum Gasteiger partial charge on any atom is 0.253 e. The Morgan fingerprint density at radius 1 is 1.18 bits per heavy atom. The molecule has 2 fully saturated rings. The normalized spacial score (nSPS) is 21.1. The van der Waals surface area contributed by atoms with Gasteiger partial charge in [0.25, 0.3) is 5.91 Å². The van der Waals surface area contributed by atoms with Crippen LogP contribution in [-0.2, 0) is 4.74 Å². The van der Waals surface area contributed by atoms with E-state index in [0.717, 1.165) is 57.8 Å². The van der Waals surface area contributed by atoms with Crippen LogP contribution in [0.4, 0.5) is 0 Å². The lowest BCUT2D eigenvalue weighted by molar-refractivity contribution is 0.00159. The largest absolute Gasteiger partial charge is 0.379 e. The highest BCUT2D eigenvalue weighted by molar-refractivity contribution is 6.31. The fraction of sp³-hybridized carbons (Fsp3) is 0.588. The number of carbonyl (C=O) groups is 1. The Bertz CT molecular complexity index is 535. The Hall–Kier alpha value is -1.10. The number of likely N-dealkylation sites (tertiary alicyclic amines) is 1. The van der Waals surface area contributed by atoms with Crippen LogP contribution in [0.1, 0.15) is 28.8 Å². The van der Waals surface area contributed by atoms with Gasteiger partial charge in [-0.1, -0.05) is 17.7 Å². The van der Waals surface area contributed by atoms with Crippen molar-refractivity contribution >= 4 is 17.5 Å². The van der Waals surface area contributed by atoms with Crippen molar-refractivity contribution in [3.05, 3.63) is 34.3 Å². The lowest BCUT2D eigenvalue weighted by Crippen LogP contribution is -2.50. The van der Waals surface area contributed by atoms with Gasteiger partial charge in [0.15, 0.2) is 0 Å². The van der Waals surface area contributed by atoms with Gasteiger partial charge < -0.3 is 9.64 Å². The van der Waals surface area contributed by atoms with Gasteiger partial charge in [0.2, 0.25) is 0 Å². The highest BCUT2D eigenvalue weighted by atomic mass is 35.5. The van der Waals surface area contributed by atoms with Crippen LogP contribution in [0.3, 0.4) is 0 Å². The molecule has 1 aromatic carbocycles. The van der Waals surface area contributed by atoms with Crippen molar-refractivity contribution in [3.8, 4) is 0 Å². The molecule has 1 aromatic rings. The minimum atomic E-state index is 0.0994. The summed E-state index contributed by atoms with van der Waals surface area (Å²) in [7, 11) is 0. The predicted molar refractivity (Wildman–Crippen MR) is 87.5 cm³/mol. The quantitative estimate of drug-likeness (QED) is 0.839. The number of carbonyl (C=O) groups excluding carboxylic acids is 1. The summed E-state index contributed by atoms with van der Waals surface area (Å²) >= 11 is 6.13. The molecule has 0 atom stereocenters. The Balaban J connectivity index is 1.58. The van der Waals surface area contributed by atoms with E-state index < -0.39 is 0 Å². The maximum atomic E-state index is 12.6. The van der Waals surface area contributed by atoms with E-state index in [1.54, 1.807) is 6.07 Å².